The molecular weight excluding hydrogens is 354 g/mol. The summed E-state index contributed by atoms with van der Waals surface area (Å²) < 4.78 is 5.17. The van der Waals surface area contributed by atoms with Crippen molar-refractivity contribution in [1.82, 2.24) is 15.5 Å². The Morgan fingerprint density at radius 3 is 2.39 bits per heavy atom. The highest BCUT2D eigenvalue weighted by Crippen LogP contribution is 2.16. The van der Waals surface area contributed by atoms with Crippen LogP contribution < -0.4 is 10.6 Å². The second-order valence-electron chi connectivity index (χ2n) is 8.41. The molecule has 0 unspecified atom stereocenters. The van der Waals surface area contributed by atoms with E-state index < -0.39 is 11.7 Å². The predicted molar refractivity (Wildman–Crippen MR) is 111 cm³/mol. The van der Waals surface area contributed by atoms with E-state index in [-0.39, 0.29) is 5.91 Å². The number of nitrogens with one attached hydrogen (secondary N) is 2. The van der Waals surface area contributed by atoms with Crippen molar-refractivity contribution in [3.63, 3.8) is 0 Å². The fourth-order valence-electron chi connectivity index (χ4n) is 3.28. The van der Waals surface area contributed by atoms with Crippen molar-refractivity contribution in [3.8, 4) is 0 Å². The van der Waals surface area contributed by atoms with E-state index in [0.717, 1.165) is 19.6 Å². The van der Waals surface area contributed by atoms with Gasteiger partial charge in [0, 0.05) is 26.1 Å². The highest BCUT2D eigenvalue weighted by molar-refractivity contribution is 5.76. The number of piperidine rings is 1. The summed E-state index contributed by atoms with van der Waals surface area (Å²) in [5.74, 6) is -0.00114. The molecule has 6 nitrogen and oxygen atoms in total. The summed E-state index contributed by atoms with van der Waals surface area (Å²) in [6.45, 7) is 9.70. The van der Waals surface area contributed by atoms with Gasteiger partial charge in [-0.15, -0.1) is 0 Å². The molecule has 156 valence electrons. The van der Waals surface area contributed by atoms with Crippen LogP contribution in [0.2, 0.25) is 0 Å². The molecule has 0 atom stereocenters. The number of carbonyl (C=O) groups is 2. The fraction of sp³-hybridized carbons (Fsp3) is 0.636. The molecule has 0 radical (unpaired) electrons. The molecule has 28 heavy (non-hydrogen) atoms. The molecule has 2 rings (SSSR count). The van der Waals surface area contributed by atoms with Crippen molar-refractivity contribution in [2.24, 2.45) is 0 Å². The van der Waals surface area contributed by atoms with E-state index in [0.29, 0.717) is 25.9 Å². The minimum Gasteiger partial charge on any atom is -0.444 e. The van der Waals surface area contributed by atoms with Gasteiger partial charge in [0.25, 0.3) is 0 Å². The van der Waals surface area contributed by atoms with Crippen LogP contribution in [0.1, 0.15) is 64.0 Å². The Morgan fingerprint density at radius 2 is 1.71 bits per heavy atom. The number of benzene rings is 1. The molecule has 1 aliphatic rings. The Hall–Kier alpha value is -2.08. The Bertz CT molecular complexity index is 634. The molecular formula is C22H35N3O3. The van der Waals surface area contributed by atoms with Crippen LogP contribution in [0.4, 0.5) is 4.79 Å². The summed E-state index contributed by atoms with van der Waals surface area (Å²) in [5, 5.41) is 5.68. The third kappa shape index (κ3) is 8.74. The first-order chi connectivity index (χ1) is 13.3. The first-order valence-corrected chi connectivity index (χ1v) is 10.4. The molecule has 1 saturated heterocycles. The predicted octanol–water partition coefficient (Wildman–Crippen LogP) is 3.59. The van der Waals surface area contributed by atoms with Crippen LogP contribution in [0.15, 0.2) is 24.3 Å². The van der Waals surface area contributed by atoms with E-state index in [2.05, 4.69) is 33.7 Å². The average molecular weight is 390 g/mol. The van der Waals surface area contributed by atoms with Crippen molar-refractivity contribution in [2.75, 3.05) is 19.6 Å². The van der Waals surface area contributed by atoms with Crippen LogP contribution in [0.3, 0.4) is 0 Å². The Kier molecular flexibility index (Phi) is 8.77. The average Bonchev–Trinajstić information content (AvgIpc) is 2.64. The van der Waals surface area contributed by atoms with Crippen LogP contribution in [0.5, 0.6) is 0 Å². The molecule has 2 N–H and O–H groups in total. The molecule has 6 heteroatoms. The van der Waals surface area contributed by atoms with Gasteiger partial charge in [-0.2, -0.15) is 0 Å². The summed E-state index contributed by atoms with van der Waals surface area (Å²) in [4.78, 5) is 26.2. The molecule has 0 bridgehead atoms. The van der Waals surface area contributed by atoms with Crippen LogP contribution in [-0.4, -0.2) is 42.1 Å². The minimum atomic E-state index is -0.511. The lowest BCUT2D eigenvalue weighted by atomic mass is 10.0. The van der Waals surface area contributed by atoms with E-state index in [1.165, 1.54) is 30.4 Å². The fourth-order valence-corrected chi connectivity index (χ4v) is 3.28. The highest BCUT2D eigenvalue weighted by Gasteiger charge is 2.16. The zero-order valence-corrected chi connectivity index (χ0v) is 17.6. The first kappa shape index (κ1) is 22.2. The Labute approximate surface area is 169 Å². The molecule has 0 aromatic heterocycles. The number of ether oxygens (including phenoxy) is 1. The van der Waals surface area contributed by atoms with E-state index in [1.807, 2.05) is 26.8 Å². The van der Waals surface area contributed by atoms with Crippen LogP contribution >= 0.6 is 0 Å². The van der Waals surface area contributed by atoms with Gasteiger partial charge in [-0.1, -0.05) is 30.7 Å². The molecule has 0 aliphatic carbocycles. The van der Waals surface area contributed by atoms with Gasteiger partial charge >= 0.3 is 6.09 Å². The number of likely N-dealkylation sites (tertiary alicyclic amines) is 1. The largest absolute Gasteiger partial charge is 0.444 e. The second kappa shape index (κ2) is 11.1. The minimum absolute atomic E-state index is 0.00114. The maximum atomic E-state index is 12.1. The SMILES string of the molecule is CC(C)(C)OC(=O)NCCCC(=O)NCc1ccccc1CN1CCCCC1. The van der Waals surface area contributed by atoms with Crippen molar-refractivity contribution in [1.29, 1.82) is 0 Å². The van der Waals surface area contributed by atoms with Gasteiger partial charge in [0.15, 0.2) is 0 Å². The van der Waals surface area contributed by atoms with Crippen molar-refractivity contribution < 1.29 is 14.3 Å². The normalized spacial score (nSPS) is 15.1. The van der Waals surface area contributed by atoms with E-state index in [4.69, 9.17) is 4.74 Å². The zero-order chi connectivity index (χ0) is 20.4. The van der Waals surface area contributed by atoms with E-state index >= 15 is 0 Å². The molecule has 1 heterocycles. The number of amides is 2. The maximum Gasteiger partial charge on any atom is 0.407 e. The first-order valence-electron chi connectivity index (χ1n) is 10.4. The van der Waals surface area contributed by atoms with Gasteiger partial charge in [0.05, 0.1) is 0 Å². The molecule has 1 aromatic rings. The second-order valence-corrected chi connectivity index (χ2v) is 8.41. The summed E-state index contributed by atoms with van der Waals surface area (Å²) in [5.41, 5.74) is 1.95. The number of alkyl carbamates (subject to hydrolysis) is 1. The number of rotatable bonds is 8. The molecule has 0 spiro atoms. The van der Waals surface area contributed by atoms with Crippen molar-refractivity contribution >= 4 is 12.0 Å². The van der Waals surface area contributed by atoms with E-state index in [1.54, 1.807) is 0 Å². The van der Waals surface area contributed by atoms with Crippen LogP contribution in [0, 0.1) is 0 Å². The number of hydrogen-bond acceptors (Lipinski definition) is 4. The summed E-state index contributed by atoms with van der Waals surface area (Å²) >= 11 is 0. The number of carbonyl (C=O) groups excluding carboxylic acids is 2. The monoisotopic (exact) mass is 389 g/mol. The molecule has 1 aromatic carbocycles. The van der Waals surface area contributed by atoms with Gasteiger partial charge in [-0.3, -0.25) is 9.69 Å². The third-order valence-electron chi connectivity index (χ3n) is 4.69. The van der Waals surface area contributed by atoms with Gasteiger partial charge in [0.1, 0.15) is 5.60 Å². The molecule has 0 saturated carbocycles. The summed E-state index contributed by atoms with van der Waals surface area (Å²) in [6, 6.07) is 8.32. The Morgan fingerprint density at radius 1 is 1.04 bits per heavy atom. The number of hydrogen-bond donors (Lipinski definition) is 2. The maximum absolute atomic E-state index is 12.1. The Balaban J connectivity index is 1.69. The van der Waals surface area contributed by atoms with Crippen LogP contribution in [0.25, 0.3) is 0 Å². The zero-order valence-electron chi connectivity index (χ0n) is 17.6. The van der Waals surface area contributed by atoms with Gasteiger partial charge in [-0.25, -0.2) is 4.79 Å². The lowest BCUT2D eigenvalue weighted by molar-refractivity contribution is -0.121. The third-order valence-corrected chi connectivity index (χ3v) is 4.69. The summed E-state index contributed by atoms with van der Waals surface area (Å²) in [7, 11) is 0. The topological polar surface area (TPSA) is 70.7 Å². The van der Waals surface area contributed by atoms with Crippen LogP contribution in [-0.2, 0) is 22.6 Å². The highest BCUT2D eigenvalue weighted by atomic mass is 16.6. The smallest absolute Gasteiger partial charge is 0.407 e. The van der Waals surface area contributed by atoms with E-state index in [9.17, 15) is 9.59 Å². The van der Waals surface area contributed by atoms with Crippen molar-refractivity contribution in [2.45, 2.75) is 71.6 Å². The quantitative estimate of drug-likeness (QED) is 0.667. The standard InChI is InChI=1S/C22H35N3O3/c1-22(2,3)28-21(27)23-13-9-12-20(26)24-16-18-10-5-6-11-19(18)17-25-14-7-4-8-15-25/h5-6,10-11H,4,7-9,12-17H2,1-3H3,(H,23,27)(H,24,26). The van der Waals surface area contributed by atoms with Gasteiger partial charge < -0.3 is 15.4 Å². The lowest BCUT2D eigenvalue weighted by Gasteiger charge is -2.27. The van der Waals surface area contributed by atoms with Gasteiger partial charge in [-0.05, 0) is 64.3 Å². The molecule has 1 fully saturated rings. The van der Waals surface area contributed by atoms with Crippen molar-refractivity contribution in [3.05, 3.63) is 35.4 Å². The molecule has 2 amide bonds. The van der Waals surface area contributed by atoms with Gasteiger partial charge in [0.2, 0.25) is 5.91 Å². The molecule has 1 aliphatic heterocycles. The number of nitrogens with zero attached hydrogens (tertiary/aromatic N) is 1. The lowest BCUT2D eigenvalue weighted by Crippen LogP contribution is -2.33. The summed E-state index contributed by atoms with van der Waals surface area (Å²) in [6.07, 6.45) is 4.40.